The van der Waals surface area contributed by atoms with Crippen LogP contribution in [0.15, 0.2) is 84.2 Å². The molecule has 0 aliphatic heterocycles. The van der Waals surface area contributed by atoms with E-state index < -0.39 is 0 Å². The van der Waals surface area contributed by atoms with E-state index >= 15 is 0 Å². The van der Waals surface area contributed by atoms with Crippen LogP contribution in [0, 0.1) is 20.8 Å². The molecular formula is C29H26N4S. The molecule has 2 heterocycles. The van der Waals surface area contributed by atoms with Gasteiger partial charge < -0.3 is 5.32 Å². The van der Waals surface area contributed by atoms with Crippen LogP contribution in [0.2, 0.25) is 0 Å². The van der Waals surface area contributed by atoms with Crippen LogP contribution in [0.3, 0.4) is 0 Å². The van der Waals surface area contributed by atoms with Crippen LogP contribution in [0.4, 0.5) is 5.82 Å². The predicted molar refractivity (Wildman–Crippen MR) is 142 cm³/mol. The number of nitrogens with zero attached hydrogens (tertiary/aromatic N) is 3. The Hall–Kier alpha value is -3.83. The number of anilines is 1. The molecule has 5 aromatic rings. The van der Waals surface area contributed by atoms with Crippen LogP contribution in [-0.2, 0) is 6.54 Å². The lowest BCUT2D eigenvalue weighted by molar-refractivity contribution is 1.03. The number of hydrogen-bond donors (Lipinski definition) is 1. The molecule has 0 radical (unpaired) electrons. The fourth-order valence-corrected chi connectivity index (χ4v) is 4.59. The van der Waals surface area contributed by atoms with Gasteiger partial charge in [-0.25, -0.2) is 15.0 Å². The van der Waals surface area contributed by atoms with Gasteiger partial charge in [0.1, 0.15) is 16.6 Å². The second kappa shape index (κ2) is 9.57. The molecule has 0 aliphatic carbocycles. The van der Waals surface area contributed by atoms with Crippen molar-refractivity contribution in [2.24, 2.45) is 0 Å². The minimum Gasteiger partial charge on any atom is -0.366 e. The third-order valence-corrected chi connectivity index (χ3v) is 6.60. The summed E-state index contributed by atoms with van der Waals surface area (Å²) < 4.78 is 0. The number of thiazole rings is 1. The summed E-state index contributed by atoms with van der Waals surface area (Å²) in [7, 11) is 0. The summed E-state index contributed by atoms with van der Waals surface area (Å²) in [6, 6.07) is 27.5. The largest absolute Gasteiger partial charge is 0.366 e. The smallest absolute Gasteiger partial charge is 0.130 e. The molecule has 0 saturated heterocycles. The number of nitrogens with one attached hydrogen (secondary N) is 1. The Morgan fingerprint density at radius 2 is 1.24 bits per heavy atom. The van der Waals surface area contributed by atoms with Gasteiger partial charge in [0.2, 0.25) is 0 Å². The molecule has 0 atom stereocenters. The van der Waals surface area contributed by atoms with E-state index in [1.807, 2.05) is 13.0 Å². The number of aryl methyl sites for hydroxylation is 3. The Bertz CT molecular complexity index is 1400. The molecule has 0 spiro atoms. The van der Waals surface area contributed by atoms with Gasteiger partial charge in [-0.15, -0.1) is 11.3 Å². The first-order valence-electron chi connectivity index (χ1n) is 11.3. The first-order valence-corrected chi connectivity index (χ1v) is 12.2. The zero-order chi connectivity index (χ0) is 23.5. The average molecular weight is 463 g/mol. The average Bonchev–Trinajstić information content (AvgIpc) is 3.34. The van der Waals surface area contributed by atoms with Gasteiger partial charge >= 0.3 is 0 Å². The number of hydrogen-bond acceptors (Lipinski definition) is 5. The van der Waals surface area contributed by atoms with Crippen molar-refractivity contribution in [3.05, 3.63) is 107 Å². The Morgan fingerprint density at radius 1 is 0.647 bits per heavy atom. The van der Waals surface area contributed by atoms with Gasteiger partial charge in [-0.2, -0.15) is 0 Å². The van der Waals surface area contributed by atoms with Gasteiger partial charge in [0.25, 0.3) is 0 Å². The van der Waals surface area contributed by atoms with Crippen LogP contribution in [0.5, 0.6) is 0 Å². The van der Waals surface area contributed by atoms with Gasteiger partial charge in [0.05, 0.1) is 11.4 Å². The maximum Gasteiger partial charge on any atom is 0.130 e. The molecule has 5 rings (SSSR count). The van der Waals surface area contributed by atoms with Crippen LogP contribution in [-0.4, -0.2) is 15.0 Å². The second-order valence-corrected chi connectivity index (χ2v) is 9.36. The normalized spacial score (nSPS) is 10.9. The van der Waals surface area contributed by atoms with Gasteiger partial charge in [-0.1, -0.05) is 83.9 Å². The van der Waals surface area contributed by atoms with Crippen molar-refractivity contribution in [2.45, 2.75) is 27.3 Å². The standard InChI is InChI=1S/C29H26N4S/c1-19-4-10-23(11-5-19)26-16-28(32-21(3)31-26)30-17-22-8-14-25(15-9-22)29-33-27(18-34-29)24-12-6-20(2)7-13-24/h4-16,18H,17H2,1-3H3,(H,30,31,32). The zero-order valence-electron chi connectivity index (χ0n) is 19.5. The van der Waals surface area contributed by atoms with Crippen LogP contribution >= 0.6 is 11.3 Å². The van der Waals surface area contributed by atoms with Crippen molar-refractivity contribution in [1.29, 1.82) is 0 Å². The van der Waals surface area contributed by atoms with E-state index in [2.05, 4.69) is 107 Å². The minimum atomic E-state index is 0.691. The lowest BCUT2D eigenvalue weighted by Gasteiger charge is -2.09. The highest BCUT2D eigenvalue weighted by Crippen LogP contribution is 2.29. The number of benzene rings is 3. The third-order valence-electron chi connectivity index (χ3n) is 5.71. The molecule has 0 bridgehead atoms. The summed E-state index contributed by atoms with van der Waals surface area (Å²) in [5.41, 5.74) is 9.01. The fraction of sp³-hybridized carbons (Fsp3) is 0.138. The van der Waals surface area contributed by atoms with Crippen LogP contribution in [0.1, 0.15) is 22.5 Å². The predicted octanol–water partition coefficient (Wildman–Crippen LogP) is 7.47. The molecule has 0 unspecified atom stereocenters. The molecule has 4 nitrogen and oxygen atoms in total. The van der Waals surface area contributed by atoms with Crippen molar-refractivity contribution in [3.63, 3.8) is 0 Å². The highest BCUT2D eigenvalue weighted by Gasteiger charge is 2.08. The highest BCUT2D eigenvalue weighted by molar-refractivity contribution is 7.13. The molecule has 0 aliphatic rings. The van der Waals surface area contributed by atoms with Crippen molar-refractivity contribution in [1.82, 2.24) is 15.0 Å². The Balaban J connectivity index is 1.27. The molecular weight excluding hydrogens is 436 g/mol. The molecule has 168 valence electrons. The molecule has 0 saturated carbocycles. The molecule has 34 heavy (non-hydrogen) atoms. The summed E-state index contributed by atoms with van der Waals surface area (Å²) in [6.45, 7) is 6.80. The van der Waals surface area contributed by atoms with Crippen molar-refractivity contribution in [2.75, 3.05) is 5.32 Å². The molecule has 3 aromatic carbocycles. The first kappa shape index (κ1) is 22.0. The van der Waals surface area contributed by atoms with Crippen molar-refractivity contribution in [3.8, 4) is 33.1 Å². The topological polar surface area (TPSA) is 50.7 Å². The lowest BCUT2D eigenvalue weighted by atomic mass is 10.1. The zero-order valence-corrected chi connectivity index (χ0v) is 20.4. The molecule has 2 aromatic heterocycles. The number of rotatable bonds is 6. The monoisotopic (exact) mass is 462 g/mol. The third kappa shape index (κ3) is 5.05. The second-order valence-electron chi connectivity index (χ2n) is 8.51. The van der Waals surface area contributed by atoms with Crippen molar-refractivity contribution >= 4 is 17.2 Å². The van der Waals surface area contributed by atoms with E-state index in [0.29, 0.717) is 6.54 Å². The van der Waals surface area contributed by atoms with Gasteiger partial charge in [0, 0.05) is 34.7 Å². The number of aromatic nitrogens is 3. The molecule has 0 amide bonds. The molecule has 1 N–H and O–H groups in total. The van der Waals surface area contributed by atoms with Crippen molar-refractivity contribution < 1.29 is 0 Å². The molecule has 0 fully saturated rings. The maximum atomic E-state index is 4.84. The summed E-state index contributed by atoms with van der Waals surface area (Å²) >= 11 is 1.68. The maximum absolute atomic E-state index is 4.84. The van der Waals surface area contributed by atoms with Gasteiger partial charge in [0.15, 0.2) is 0 Å². The van der Waals surface area contributed by atoms with E-state index in [0.717, 1.165) is 44.7 Å². The van der Waals surface area contributed by atoms with E-state index in [4.69, 9.17) is 4.98 Å². The van der Waals surface area contributed by atoms with E-state index in [1.54, 1.807) is 11.3 Å². The Labute approximate surface area is 204 Å². The lowest BCUT2D eigenvalue weighted by Crippen LogP contribution is -2.04. The van der Waals surface area contributed by atoms with Crippen LogP contribution < -0.4 is 5.32 Å². The summed E-state index contributed by atoms with van der Waals surface area (Å²) in [5.74, 6) is 1.58. The van der Waals surface area contributed by atoms with E-state index in [-0.39, 0.29) is 0 Å². The van der Waals surface area contributed by atoms with Gasteiger partial charge in [-0.05, 0) is 26.3 Å². The summed E-state index contributed by atoms with van der Waals surface area (Å²) in [5, 5.41) is 6.60. The quantitative estimate of drug-likeness (QED) is 0.284. The van der Waals surface area contributed by atoms with Gasteiger partial charge in [-0.3, -0.25) is 0 Å². The van der Waals surface area contributed by atoms with Crippen LogP contribution in [0.25, 0.3) is 33.1 Å². The fourth-order valence-electron chi connectivity index (χ4n) is 3.75. The summed E-state index contributed by atoms with van der Waals surface area (Å²) in [4.78, 5) is 14.0. The SMILES string of the molecule is Cc1ccc(-c2cc(NCc3ccc(-c4nc(-c5ccc(C)cc5)cs4)cc3)nc(C)n2)cc1. The summed E-state index contributed by atoms with van der Waals surface area (Å²) in [6.07, 6.45) is 0. The Morgan fingerprint density at radius 3 is 1.88 bits per heavy atom. The van der Waals surface area contributed by atoms with E-state index in [1.165, 1.54) is 16.7 Å². The Kier molecular flexibility index (Phi) is 6.19. The first-order chi connectivity index (χ1) is 16.5. The highest BCUT2D eigenvalue weighted by atomic mass is 32.1. The van der Waals surface area contributed by atoms with E-state index in [9.17, 15) is 0 Å². The minimum absolute atomic E-state index is 0.691. The molecule has 5 heteroatoms.